The lowest BCUT2D eigenvalue weighted by molar-refractivity contribution is 0.265. The molecule has 1 atom stereocenters. The third-order valence-electron chi connectivity index (χ3n) is 5.01. The molecule has 1 fully saturated rings. The van der Waals surface area contributed by atoms with Crippen LogP contribution in [-0.4, -0.2) is 36.0 Å². The first-order chi connectivity index (χ1) is 13.4. The Balaban J connectivity index is 1.56. The number of sulfonamides is 1. The van der Waals surface area contributed by atoms with Crippen LogP contribution in [-0.2, 0) is 10.0 Å². The third kappa shape index (κ3) is 3.76. The SMILES string of the molecule is Cc1ccccc1-c1noc([C@H]2CCCN(S(=O)(=O)c3ccc(Br)cc3)C2)n1. The van der Waals surface area contributed by atoms with Crippen LogP contribution < -0.4 is 0 Å². The smallest absolute Gasteiger partial charge is 0.243 e. The van der Waals surface area contributed by atoms with Crippen molar-refractivity contribution < 1.29 is 12.9 Å². The quantitative estimate of drug-likeness (QED) is 0.576. The van der Waals surface area contributed by atoms with Gasteiger partial charge in [-0.1, -0.05) is 45.4 Å². The van der Waals surface area contributed by atoms with Crippen LogP contribution >= 0.6 is 15.9 Å². The highest BCUT2D eigenvalue weighted by Crippen LogP contribution is 2.31. The molecule has 2 heterocycles. The maximum atomic E-state index is 13.0. The summed E-state index contributed by atoms with van der Waals surface area (Å²) < 4.78 is 33.8. The van der Waals surface area contributed by atoms with Crippen molar-refractivity contribution in [3.63, 3.8) is 0 Å². The third-order valence-corrected chi connectivity index (χ3v) is 7.42. The molecule has 0 aliphatic carbocycles. The summed E-state index contributed by atoms with van der Waals surface area (Å²) >= 11 is 3.34. The molecular formula is C20H20BrN3O3S. The molecule has 0 bridgehead atoms. The van der Waals surface area contributed by atoms with Gasteiger partial charge in [0.05, 0.1) is 10.8 Å². The molecule has 0 radical (unpaired) electrons. The number of aryl methyl sites for hydroxylation is 1. The zero-order valence-electron chi connectivity index (χ0n) is 15.4. The number of piperidine rings is 1. The zero-order chi connectivity index (χ0) is 19.7. The number of hydrogen-bond donors (Lipinski definition) is 0. The molecule has 6 nitrogen and oxygen atoms in total. The number of rotatable bonds is 4. The normalized spacial score (nSPS) is 18.3. The Hall–Kier alpha value is -2.03. The van der Waals surface area contributed by atoms with Crippen LogP contribution in [0.25, 0.3) is 11.4 Å². The second kappa shape index (κ2) is 7.77. The Morgan fingerprint density at radius 1 is 1.14 bits per heavy atom. The van der Waals surface area contributed by atoms with Gasteiger partial charge in [0.2, 0.25) is 21.7 Å². The topological polar surface area (TPSA) is 76.3 Å². The van der Waals surface area contributed by atoms with Gasteiger partial charge < -0.3 is 4.52 Å². The van der Waals surface area contributed by atoms with E-state index < -0.39 is 10.0 Å². The van der Waals surface area contributed by atoms with Gasteiger partial charge in [-0.15, -0.1) is 0 Å². The summed E-state index contributed by atoms with van der Waals surface area (Å²) in [5.41, 5.74) is 1.99. The van der Waals surface area contributed by atoms with Crippen molar-refractivity contribution in [3.8, 4) is 11.4 Å². The Morgan fingerprint density at radius 3 is 2.64 bits per heavy atom. The molecule has 0 unspecified atom stereocenters. The van der Waals surface area contributed by atoms with E-state index in [1.807, 2.05) is 31.2 Å². The van der Waals surface area contributed by atoms with Gasteiger partial charge in [0, 0.05) is 23.1 Å². The monoisotopic (exact) mass is 461 g/mol. The molecule has 146 valence electrons. The largest absolute Gasteiger partial charge is 0.339 e. The van der Waals surface area contributed by atoms with Crippen LogP contribution in [0.1, 0.15) is 30.2 Å². The summed E-state index contributed by atoms with van der Waals surface area (Å²) in [6, 6.07) is 14.6. The van der Waals surface area contributed by atoms with Crippen LogP contribution in [0.3, 0.4) is 0 Å². The lowest BCUT2D eigenvalue weighted by Crippen LogP contribution is -2.39. The van der Waals surface area contributed by atoms with Crippen molar-refractivity contribution in [2.24, 2.45) is 0 Å². The fourth-order valence-electron chi connectivity index (χ4n) is 3.45. The molecule has 1 aromatic heterocycles. The molecule has 1 aliphatic rings. The minimum Gasteiger partial charge on any atom is -0.339 e. The Kier molecular flexibility index (Phi) is 5.35. The number of nitrogens with zero attached hydrogens (tertiary/aromatic N) is 3. The second-order valence-corrected chi connectivity index (χ2v) is 9.78. The minimum absolute atomic E-state index is 0.107. The van der Waals surface area contributed by atoms with E-state index in [-0.39, 0.29) is 5.92 Å². The van der Waals surface area contributed by atoms with Gasteiger partial charge in [0.1, 0.15) is 0 Å². The maximum Gasteiger partial charge on any atom is 0.243 e. The van der Waals surface area contributed by atoms with Crippen LogP contribution in [0.2, 0.25) is 0 Å². The van der Waals surface area contributed by atoms with E-state index in [9.17, 15) is 8.42 Å². The highest BCUT2D eigenvalue weighted by Gasteiger charge is 2.33. The zero-order valence-corrected chi connectivity index (χ0v) is 17.8. The number of benzene rings is 2. The molecule has 1 saturated heterocycles. The van der Waals surface area contributed by atoms with Crippen molar-refractivity contribution in [3.05, 3.63) is 64.5 Å². The molecule has 8 heteroatoms. The molecule has 3 aromatic rings. The molecule has 28 heavy (non-hydrogen) atoms. The number of aromatic nitrogens is 2. The van der Waals surface area contributed by atoms with Gasteiger partial charge in [-0.3, -0.25) is 0 Å². The summed E-state index contributed by atoms with van der Waals surface area (Å²) in [7, 11) is -3.55. The fourth-order valence-corrected chi connectivity index (χ4v) is 5.24. The van der Waals surface area contributed by atoms with E-state index in [4.69, 9.17) is 4.52 Å². The van der Waals surface area contributed by atoms with Gasteiger partial charge in [0.25, 0.3) is 0 Å². The predicted molar refractivity (Wildman–Crippen MR) is 109 cm³/mol. The summed E-state index contributed by atoms with van der Waals surface area (Å²) in [5.74, 6) is 0.930. The van der Waals surface area contributed by atoms with Gasteiger partial charge in [0.15, 0.2) is 0 Å². The summed E-state index contributed by atoms with van der Waals surface area (Å²) in [5, 5.41) is 4.12. The Bertz CT molecular complexity index is 1080. The highest BCUT2D eigenvalue weighted by molar-refractivity contribution is 9.10. The maximum absolute atomic E-state index is 13.0. The lowest BCUT2D eigenvalue weighted by atomic mass is 10.00. The van der Waals surface area contributed by atoms with E-state index in [1.54, 1.807) is 24.3 Å². The highest BCUT2D eigenvalue weighted by atomic mass is 79.9. The summed E-state index contributed by atoms with van der Waals surface area (Å²) in [6.45, 7) is 2.83. The molecular weight excluding hydrogens is 442 g/mol. The predicted octanol–water partition coefficient (Wildman–Crippen LogP) is 4.38. The average Bonchev–Trinajstić information content (AvgIpc) is 3.19. The lowest BCUT2D eigenvalue weighted by Gasteiger charge is -2.30. The van der Waals surface area contributed by atoms with E-state index in [2.05, 4.69) is 26.1 Å². The first-order valence-corrected chi connectivity index (χ1v) is 11.3. The molecule has 1 aliphatic heterocycles. The van der Waals surface area contributed by atoms with Crippen molar-refractivity contribution in [2.75, 3.05) is 13.1 Å². The van der Waals surface area contributed by atoms with Gasteiger partial charge >= 0.3 is 0 Å². The van der Waals surface area contributed by atoms with Crippen molar-refractivity contribution in [2.45, 2.75) is 30.6 Å². The standard InChI is InChI=1S/C20H20BrN3O3S/c1-14-5-2-3-7-18(14)19-22-20(27-23-19)15-6-4-12-24(13-15)28(25,26)17-10-8-16(21)9-11-17/h2-3,5,7-11,15H,4,6,12-13H2,1H3/t15-/m0/s1. The van der Waals surface area contributed by atoms with Gasteiger partial charge in [-0.25, -0.2) is 8.42 Å². The minimum atomic E-state index is -3.55. The van der Waals surface area contributed by atoms with Crippen LogP contribution in [0.15, 0.2) is 62.4 Å². The first kappa shape index (κ1) is 19.3. The van der Waals surface area contributed by atoms with Crippen LogP contribution in [0.4, 0.5) is 0 Å². The van der Waals surface area contributed by atoms with Gasteiger partial charge in [-0.2, -0.15) is 9.29 Å². The van der Waals surface area contributed by atoms with Crippen molar-refractivity contribution in [1.29, 1.82) is 0 Å². The Morgan fingerprint density at radius 2 is 1.89 bits per heavy atom. The van der Waals surface area contributed by atoms with E-state index >= 15 is 0 Å². The second-order valence-electron chi connectivity index (χ2n) is 6.93. The Labute approximate surface area is 172 Å². The summed E-state index contributed by atoms with van der Waals surface area (Å²) in [4.78, 5) is 4.85. The molecule has 0 spiro atoms. The number of halogens is 1. The van der Waals surface area contributed by atoms with E-state index in [1.165, 1.54) is 4.31 Å². The molecule has 4 rings (SSSR count). The van der Waals surface area contributed by atoms with Crippen LogP contribution in [0, 0.1) is 6.92 Å². The van der Waals surface area contributed by atoms with E-state index in [0.29, 0.717) is 29.7 Å². The first-order valence-electron chi connectivity index (χ1n) is 9.10. The van der Waals surface area contributed by atoms with E-state index in [0.717, 1.165) is 28.4 Å². The van der Waals surface area contributed by atoms with Gasteiger partial charge in [-0.05, 0) is 49.6 Å². The molecule has 0 saturated carbocycles. The number of hydrogen-bond acceptors (Lipinski definition) is 5. The molecule has 0 N–H and O–H groups in total. The van der Waals surface area contributed by atoms with Crippen LogP contribution in [0.5, 0.6) is 0 Å². The average molecular weight is 462 g/mol. The summed E-state index contributed by atoms with van der Waals surface area (Å²) in [6.07, 6.45) is 1.57. The fraction of sp³-hybridized carbons (Fsp3) is 0.300. The van der Waals surface area contributed by atoms with Crippen molar-refractivity contribution >= 4 is 26.0 Å². The van der Waals surface area contributed by atoms with Crippen molar-refractivity contribution in [1.82, 2.24) is 14.4 Å². The molecule has 2 aromatic carbocycles. The molecule has 0 amide bonds.